The molecule has 11 heteroatoms. The molecule has 3 aliphatic heterocycles. The summed E-state index contributed by atoms with van der Waals surface area (Å²) in [6.07, 6.45) is 2.01. The van der Waals surface area contributed by atoms with E-state index < -0.39 is 17.3 Å². The minimum Gasteiger partial charge on any atom is -0.444 e. The molecule has 3 aliphatic rings. The molecule has 2 saturated heterocycles. The first kappa shape index (κ1) is 33.8. The molecular weight excluding hydrogens is 589 g/mol. The monoisotopic (exact) mass is 637 g/mol. The van der Waals surface area contributed by atoms with E-state index in [2.05, 4.69) is 18.7 Å². The Labute approximate surface area is 271 Å². The largest absolute Gasteiger partial charge is 0.444 e. The molecule has 2 aromatic rings. The maximum Gasteiger partial charge on any atom is 0.410 e. The van der Waals surface area contributed by atoms with Gasteiger partial charge in [-0.1, -0.05) is 26.0 Å². The molecule has 0 saturated carbocycles. The Morgan fingerprint density at radius 3 is 2.43 bits per heavy atom. The van der Waals surface area contributed by atoms with Gasteiger partial charge in [0.05, 0.1) is 23.5 Å². The van der Waals surface area contributed by atoms with Crippen LogP contribution < -0.4 is 4.90 Å². The van der Waals surface area contributed by atoms with Gasteiger partial charge in [-0.25, -0.2) is 9.18 Å². The normalized spacial score (nSPS) is 23.0. The first-order valence-corrected chi connectivity index (χ1v) is 16.1. The second kappa shape index (κ2) is 12.6. The number of aromatic nitrogens is 1. The Kier molecular flexibility index (Phi) is 9.22. The van der Waals surface area contributed by atoms with Gasteiger partial charge in [-0.3, -0.25) is 19.5 Å². The summed E-state index contributed by atoms with van der Waals surface area (Å²) in [5.74, 6) is -0.456. The summed E-state index contributed by atoms with van der Waals surface area (Å²) in [6.45, 7) is 17.7. The van der Waals surface area contributed by atoms with Gasteiger partial charge in [0.25, 0.3) is 0 Å². The van der Waals surface area contributed by atoms with E-state index in [0.717, 1.165) is 22.5 Å². The molecule has 1 aromatic carbocycles. The van der Waals surface area contributed by atoms with Crippen molar-refractivity contribution in [3.8, 4) is 0 Å². The van der Waals surface area contributed by atoms with Crippen molar-refractivity contribution in [3.05, 3.63) is 59.2 Å². The van der Waals surface area contributed by atoms with E-state index in [1.165, 1.54) is 12.1 Å². The zero-order valence-corrected chi connectivity index (χ0v) is 28.4. The molecule has 10 nitrogen and oxygen atoms in total. The van der Waals surface area contributed by atoms with E-state index in [1.54, 1.807) is 21.9 Å². The van der Waals surface area contributed by atoms with Crippen LogP contribution in [0.1, 0.15) is 72.2 Å². The Morgan fingerprint density at radius 1 is 1.07 bits per heavy atom. The van der Waals surface area contributed by atoms with Crippen LogP contribution in [0.4, 0.5) is 14.9 Å². The van der Waals surface area contributed by atoms with Gasteiger partial charge in [-0.2, -0.15) is 0 Å². The Hall–Kier alpha value is -3.57. The van der Waals surface area contributed by atoms with E-state index in [1.807, 2.05) is 58.7 Å². The van der Waals surface area contributed by atoms with E-state index in [4.69, 9.17) is 14.5 Å². The highest BCUT2D eigenvalue weighted by Crippen LogP contribution is 2.40. The topological polar surface area (TPSA) is 95.5 Å². The fourth-order valence-corrected chi connectivity index (χ4v) is 6.61. The lowest BCUT2D eigenvalue weighted by Crippen LogP contribution is -2.65. The first-order valence-electron chi connectivity index (χ1n) is 16.1. The van der Waals surface area contributed by atoms with Gasteiger partial charge in [0, 0.05) is 56.4 Å². The number of fused-ring (bicyclic) bond motifs is 1. The molecule has 5 rings (SSSR count). The zero-order chi connectivity index (χ0) is 33.6. The number of benzene rings is 1. The lowest BCUT2D eigenvalue weighted by atomic mass is 9.91. The lowest BCUT2D eigenvalue weighted by molar-refractivity contribution is -0.160. The summed E-state index contributed by atoms with van der Waals surface area (Å²) in [6, 6.07) is 7.93. The third-order valence-electron chi connectivity index (χ3n) is 8.89. The minimum atomic E-state index is -0.650. The molecular formula is C35H48FN5O5. The summed E-state index contributed by atoms with van der Waals surface area (Å²) in [5, 5.41) is 0. The fraction of sp³-hybridized carbons (Fsp3) is 0.600. The molecule has 46 heavy (non-hydrogen) atoms. The molecule has 4 heterocycles. The van der Waals surface area contributed by atoms with Crippen molar-refractivity contribution < 1.29 is 28.2 Å². The maximum absolute atomic E-state index is 14.2. The van der Waals surface area contributed by atoms with Gasteiger partial charge >= 0.3 is 6.09 Å². The average Bonchev–Trinajstić information content (AvgIpc) is 3.22. The van der Waals surface area contributed by atoms with Crippen molar-refractivity contribution in [3.63, 3.8) is 0 Å². The molecule has 0 radical (unpaired) electrons. The number of carbonyl (C=O) groups excluding carboxylic acids is 3. The number of amides is 3. The second-order valence-corrected chi connectivity index (χ2v) is 15.3. The fourth-order valence-electron chi connectivity index (χ4n) is 6.61. The number of nitrogens with zero attached hydrogens (tertiary/aromatic N) is 5. The molecule has 0 spiro atoms. The number of pyridine rings is 1. The Bertz CT molecular complexity index is 1470. The molecule has 0 N–H and O–H groups in total. The van der Waals surface area contributed by atoms with Crippen LogP contribution in [-0.2, 0) is 30.9 Å². The third-order valence-corrected chi connectivity index (χ3v) is 8.89. The molecule has 2 fully saturated rings. The number of ether oxygens (including phenoxy) is 2. The molecule has 2 atom stereocenters. The number of hydrogen-bond donors (Lipinski definition) is 0. The standard InChI is InChI=1S/C35H48FN5O5/c1-23-16-38(27(18-40(23)32(44)46-33(2,3)4)17-39-22-35(7,8)45-20-30(39)43)19-29(42)41-21-34(5,6)31-28(41)14-25(15-37-31)13-24-9-11-26(36)12-10-24/h9-12,14-15,23,27H,13,16-22H2,1-8H3/t23-,27+/m1/s1. The number of rotatable bonds is 6. The Balaban J connectivity index is 1.38. The highest BCUT2D eigenvalue weighted by Gasteiger charge is 2.43. The second-order valence-electron chi connectivity index (χ2n) is 15.3. The minimum absolute atomic E-state index is 0.00225. The molecule has 0 aliphatic carbocycles. The van der Waals surface area contributed by atoms with Crippen LogP contribution in [0.15, 0.2) is 36.5 Å². The number of piperazine rings is 1. The predicted octanol–water partition coefficient (Wildman–Crippen LogP) is 4.38. The van der Waals surface area contributed by atoms with Crippen LogP contribution in [0.25, 0.3) is 0 Å². The van der Waals surface area contributed by atoms with Gasteiger partial charge in [0.1, 0.15) is 18.0 Å². The maximum atomic E-state index is 14.2. The molecule has 0 unspecified atom stereocenters. The SMILES string of the molecule is C[C@@H]1CN(CC(=O)N2CC(C)(C)c3ncc(Cc4ccc(F)cc4)cc32)[C@@H](CN2CC(C)(C)OCC2=O)CN1C(=O)OC(C)(C)C. The lowest BCUT2D eigenvalue weighted by Gasteiger charge is -2.48. The van der Waals surface area contributed by atoms with Crippen LogP contribution >= 0.6 is 0 Å². The Morgan fingerprint density at radius 2 is 1.76 bits per heavy atom. The highest BCUT2D eigenvalue weighted by atomic mass is 19.1. The van der Waals surface area contributed by atoms with Gasteiger partial charge in [-0.15, -0.1) is 0 Å². The van der Waals surface area contributed by atoms with Gasteiger partial charge in [0.2, 0.25) is 11.8 Å². The van der Waals surface area contributed by atoms with E-state index in [0.29, 0.717) is 39.1 Å². The zero-order valence-electron chi connectivity index (χ0n) is 28.4. The average molecular weight is 638 g/mol. The number of hydrogen-bond acceptors (Lipinski definition) is 7. The number of carbonyl (C=O) groups is 3. The van der Waals surface area contributed by atoms with Crippen molar-refractivity contribution in [2.24, 2.45) is 0 Å². The van der Waals surface area contributed by atoms with Crippen LogP contribution in [0.2, 0.25) is 0 Å². The predicted molar refractivity (Wildman–Crippen MR) is 173 cm³/mol. The molecule has 250 valence electrons. The van der Waals surface area contributed by atoms with Crippen LogP contribution in [0.5, 0.6) is 0 Å². The first-order chi connectivity index (χ1) is 21.4. The van der Waals surface area contributed by atoms with Crippen molar-refractivity contribution in [1.29, 1.82) is 0 Å². The molecule has 3 amide bonds. The van der Waals surface area contributed by atoms with E-state index >= 15 is 0 Å². The summed E-state index contributed by atoms with van der Waals surface area (Å²) in [7, 11) is 0. The summed E-state index contributed by atoms with van der Waals surface area (Å²) in [5.41, 5.74) is 2.06. The molecule has 1 aromatic heterocycles. The number of morpholine rings is 1. The quantitative estimate of drug-likeness (QED) is 0.464. The van der Waals surface area contributed by atoms with Gasteiger partial charge in [-0.05, 0) is 77.3 Å². The van der Waals surface area contributed by atoms with Crippen molar-refractivity contribution in [1.82, 2.24) is 19.7 Å². The summed E-state index contributed by atoms with van der Waals surface area (Å²) in [4.78, 5) is 52.6. The van der Waals surface area contributed by atoms with Crippen molar-refractivity contribution >= 4 is 23.6 Å². The van der Waals surface area contributed by atoms with Crippen LogP contribution in [-0.4, -0.2) is 107 Å². The van der Waals surface area contributed by atoms with Crippen LogP contribution in [0.3, 0.4) is 0 Å². The molecule has 0 bridgehead atoms. The van der Waals surface area contributed by atoms with E-state index in [-0.39, 0.29) is 48.3 Å². The smallest absolute Gasteiger partial charge is 0.410 e. The van der Waals surface area contributed by atoms with Crippen LogP contribution in [0, 0.1) is 5.82 Å². The third kappa shape index (κ3) is 7.69. The summed E-state index contributed by atoms with van der Waals surface area (Å²) < 4.78 is 24.9. The van der Waals surface area contributed by atoms with Gasteiger partial charge < -0.3 is 24.2 Å². The highest BCUT2D eigenvalue weighted by molar-refractivity contribution is 5.97. The van der Waals surface area contributed by atoms with Gasteiger partial charge in [0.15, 0.2) is 0 Å². The number of halogens is 1. The van der Waals surface area contributed by atoms with E-state index in [9.17, 15) is 18.8 Å². The van der Waals surface area contributed by atoms with Crippen molar-refractivity contribution in [2.75, 3.05) is 50.8 Å². The number of anilines is 1. The summed E-state index contributed by atoms with van der Waals surface area (Å²) >= 11 is 0. The van der Waals surface area contributed by atoms with Crippen molar-refractivity contribution in [2.45, 2.75) is 90.5 Å².